The van der Waals surface area contributed by atoms with Crippen LogP contribution in [0.3, 0.4) is 0 Å². The smallest absolute Gasteiger partial charge is 0.243 e. The van der Waals surface area contributed by atoms with Gasteiger partial charge in [0.1, 0.15) is 5.82 Å². The maximum atomic E-state index is 12.3. The average molecular weight is 289 g/mol. The van der Waals surface area contributed by atoms with Crippen LogP contribution in [0.15, 0.2) is 23.2 Å². The lowest BCUT2D eigenvalue weighted by molar-refractivity contribution is 0.469. The van der Waals surface area contributed by atoms with Gasteiger partial charge in [-0.2, -0.15) is 11.8 Å². The van der Waals surface area contributed by atoms with E-state index < -0.39 is 10.0 Å². The Morgan fingerprint density at radius 1 is 1.50 bits per heavy atom. The van der Waals surface area contributed by atoms with E-state index in [1.807, 2.05) is 6.26 Å². The lowest BCUT2D eigenvalue weighted by Crippen LogP contribution is -2.28. The molecule has 5 nitrogen and oxygen atoms in total. The standard InChI is InChI=1S/C11H19N3O2S2/c1-12-11-9-10(5-6-13-11)18(15,16)14(2)7-4-8-17-3/h5-6,9H,4,7-8H2,1-3H3,(H,12,13). The van der Waals surface area contributed by atoms with Gasteiger partial charge in [-0.1, -0.05) is 0 Å². The molecule has 0 atom stereocenters. The number of rotatable bonds is 7. The summed E-state index contributed by atoms with van der Waals surface area (Å²) in [5.74, 6) is 1.51. The third-order valence-corrected chi connectivity index (χ3v) is 5.07. The Bertz CT molecular complexity index is 477. The van der Waals surface area contributed by atoms with E-state index in [4.69, 9.17) is 0 Å². The van der Waals surface area contributed by atoms with Crippen LogP contribution >= 0.6 is 11.8 Å². The lowest BCUT2D eigenvalue weighted by atomic mass is 10.5. The number of pyridine rings is 1. The second kappa shape index (κ2) is 6.96. The molecule has 0 radical (unpaired) electrons. The zero-order valence-corrected chi connectivity index (χ0v) is 12.5. The molecule has 1 heterocycles. The van der Waals surface area contributed by atoms with Gasteiger partial charge < -0.3 is 5.32 Å². The van der Waals surface area contributed by atoms with Crippen molar-refractivity contribution in [2.45, 2.75) is 11.3 Å². The first kappa shape index (κ1) is 15.3. The SMILES string of the molecule is CNc1cc(S(=O)(=O)N(C)CCCSC)ccn1. The first-order valence-corrected chi connectivity index (χ1v) is 8.45. The van der Waals surface area contributed by atoms with E-state index in [0.717, 1.165) is 12.2 Å². The highest BCUT2D eigenvalue weighted by atomic mass is 32.2. The number of aromatic nitrogens is 1. The monoisotopic (exact) mass is 289 g/mol. The summed E-state index contributed by atoms with van der Waals surface area (Å²) >= 11 is 1.71. The molecule has 0 spiro atoms. The number of hydrogen-bond acceptors (Lipinski definition) is 5. The van der Waals surface area contributed by atoms with Gasteiger partial charge in [0.15, 0.2) is 0 Å². The van der Waals surface area contributed by atoms with Gasteiger partial charge in [-0.05, 0) is 24.5 Å². The van der Waals surface area contributed by atoms with Crippen LogP contribution in [-0.4, -0.2) is 50.4 Å². The Balaban J connectivity index is 2.84. The molecule has 1 N–H and O–H groups in total. The highest BCUT2D eigenvalue weighted by molar-refractivity contribution is 7.98. The molecule has 0 aliphatic heterocycles. The fourth-order valence-electron chi connectivity index (χ4n) is 1.44. The fraction of sp³-hybridized carbons (Fsp3) is 0.545. The Morgan fingerprint density at radius 2 is 2.22 bits per heavy atom. The van der Waals surface area contributed by atoms with Gasteiger partial charge in [-0.25, -0.2) is 17.7 Å². The van der Waals surface area contributed by atoms with E-state index in [0.29, 0.717) is 12.4 Å². The molecular weight excluding hydrogens is 270 g/mol. The summed E-state index contributed by atoms with van der Waals surface area (Å²) < 4.78 is 25.9. The predicted molar refractivity (Wildman–Crippen MR) is 76.6 cm³/mol. The first-order valence-electron chi connectivity index (χ1n) is 5.61. The van der Waals surface area contributed by atoms with E-state index in [2.05, 4.69) is 10.3 Å². The van der Waals surface area contributed by atoms with Crippen molar-refractivity contribution in [1.82, 2.24) is 9.29 Å². The quantitative estimate of drug-likeness (QED) is 0.771. The van der Waals surface area contributed by atoms with E-state index in [9.17, 15) is 8.42 Å². The lowest BCUT2D eigenvalue weighted by Gasteiger charge is -2.17. The van der Waals surface area contributed by atoms with Crippen LogP contribution in [0.5, 0.6) is 0 Å². The molecule has 1 rings (SSSR count). The molecule has 0 saturated heterocycles. The van der Waals surface area contributed by atoms with Crippen molar-refractivity contribution in [1.29, 1.82) is 0 Å². The molecule has 0 saturated carbocycles. The molecule has 0 fully saturated rings. The summed E-state index contributed by atoms with van der Waals surface area (Å²) in [5, 5.41) is 2.83. The highest BCUT2D eigenvalue weighted by Crippen LogP contribution is 2.16. The van der Waals surface area contributed by atoms with Gasteiger partial charge in [-0.15, -0.1) is 0 Å². The van der Waals surface area contributed by atoms with E-state index in [1.54, 1.807) is 31.9 Å². The topological polar surface area (TPSA) is 62.3 Å². The first-order chi connectivity index (χ1) is 8.52. The predicted octanol–water partition coefficient (Wildman–Crippen LogP) is 1.50. The van der Waals surface area contributed by atoms with Crippen molar-refractivity contribution in [2.24, 2.45) is 0 Å². The Labute approximate surface area is 113 Å². The minimum absolute atomic E-state index is 0.272. The molecule has 1 aromatic rings. The number of anilines is 1. The van der Waals surface area contributed by atoms with Crippen molar-refractivity contribution in [2.75, 3.05) is 38.0 Å². The number of nitrogens with zero attached hydrogens (tertiary/aromatic N) is 2. The van der Waals surface area contributed by atoms with Gasteiger partial charge in [0.25, 0.3) is 0 Å². The third kappa shape index (κ3) is 3.86. The van der Waals surface area contributed by atoms with Gasteiger partial charge >= 0.3 is 0 Å². The number of nitrogens with one attached hydrogen (secondary N) is 1. The molecule has 0 aliphatic rings. The van der Waals surface area contributed by atoms with E-state index in [1.165, 1.54) is 16.6 Å². The molecule has 0 unspecified atom stereocenters. The van der Waals surface area contributed by atoms with Crippen molar-refractivity contribution < 1.29 is 8.42 Å². The summed E-state index contributed by atoms with van der Waals surface area (Å²) in [6, 6.07) is 3.06. The highest BCUT2D eigenvalue weighted by Gasteiger charge is 2.20. The van der Waals surface area contributed by atoms with Crippen molar-refractivity contribution in [3.8, 4) is 0 Å². The van der Waals surface area contributed by atoms with Gasteiger partial charge in [-0.3, -0.25) is 0 Å². The number of hydrogen-bond donors (Lipinski definition) is 1. The normalized spacial score (nSPS) is 11.8. The van der Waals surface area contributed by atoms with Gasteiger partial charge in [0.05, 0.1) is 4.90 Å². The van der Waals surface area contributed by atoms with Crippen LogP contribution in [0.4, 0.5) is 5.82 Å². The van der Waals surface area contributed by atoms with Crippen molar-refractivity contribution in [3.63, 3.8) is 0 Å². The molecule has 18 heavy (non-hydrogen) atoms. The van der Waals surface area contributed by atoms with E-state index in [-0.39, 0.29) is 4.90 Å². The van der Waals surface area contributed by atoms with Crippen LogP contribution in [0, 0.1) is 0 Å². The molecule has 0 amide bonds. The van der Waals surface area contributed by atoms with Crippen LogP contribution in [0.2, 0.25) is 0 Å². The second-order valence-electron chi connectivity index (χ2n) is 3.80. The van der Waals surface area contributed by atoms with E-state index >= 15 is 0 Å². The summed E-state index contributed by atoms with van der Waals surface area (Å²) in [4.78, 5) is 4.28. The Hall–Kier alpha value is -0.790. The van der Waals surface area contributed by atoms with Crippen LogP contribution in [0.25, 0.3) is 0 Å². The van der Waals surface area contributed by atoms with Crippen molar-refractivity contribution in [3.05, 3.63) is 18.3 Å². The van der Waals surface area contributed by atoms with Gasteiger partial charge in [0, 0.05) is 32.9 Å². The number of sulfonamides is 1. The summed E-state index contributed by atoms with van der Waals surface area (Å²) in [5.41, 5.74) is 0. The maximum Gasteiger partial charge on any atom is 0.243 e. The van der Waals surface area contributed by atoms with Crippen LogP contribution in [-0.2, 0) is 10.0 Å². The molecule has 0 aliphatic carbocycles. The average Bonchev–Trinajstić information content (AvgIpc) is 2.39. The fourth-order valence-corrected chi connectivity index (χ4v) is 3.08. The minimum atomic E-state index is -3.41. The van der Waals surface area contributed by atoms with Crippen LogP contribution < -0.4 is 5.32 Å². The minimum Gasteiger partial charge on any atom is -0.373 e. The largest absolute Gasteiger partial charge is 0.373 e. The molecule has 1 aromatic heterocycles. The van der Waals surface area contributed by atoms with Crippen molar-refractivity contribution >= 4 is 27.6 Å². The molecule has 102 valence electrons. The second-order valence-corrected chi connectivity index (χ2v) is 6.83. The summed E-state index contributed by atoms with van der Waals surface area (Å²) in [6.45, 7) is 0.528. The van der Waals surface area contributed by atoms with Crippen LogP contribution in [0.1, 0.15) is 6.42 Å². The molecule has 0 aromatic carbocycles. The molecule has 0 bridgehead atoms. The Kier molecular flexibility index (Phi) is 5.90. The number of thioether (sulfide) groups is 1. The third-order valence-electron chi connectivity index (χ3n) is 2.52. The Morgan fingerprint density at radius 3 is 2.83 bits per heavy atom. The summed E-state index contributed by atoms with van der Waals surface area (Å²) in [6.07, 6.45) is 4.35. The van der Waals surface area contributed by atoms with Gasteiger partial charge in [0.2, 0.25) is 10.0 Å². The molecular formula is C11H19N3O2S2. The molecule has 7 heteroatoms. The summed E-state index contributed by atoms with van der Waals surface area (Å²) in [7, 11) is -0.0924. The zero-order chi connectivity index (χ0) is 13.6. The zero-order valence-electron chi connectivity index (χ0n) is 10.9. The maximum absolute atomic E-state index is 12.3.